The van der Waals surface area contributed by atoms with Crippen molar-refractivity contribution in [2.24, 2.45) is 0 Å². The lowest BCUT2D eigenvalue weighted by atomic mass is 9.96. The van der Waals surface area contributed by atoms with E-state index in [4.69, 9.17) is 15.0 Å². The highest BCUT2D eigenvalue weighted by atomic mass is 32.1. The number of fused-ring (bicyclic) bond motifs is 6. The molecule has 9 rings (SSSR count). The second-order valence-corrected chi connectivity index (χ2v) is 12.3. The van der Waals surface area contributed by atoms with E-state index in [1.807, 2.05) is 72.0 Å². The first-order chi connectivity index (χ1) is 22.3. The monoisotopic (exact) mass is 591 g/mol. The fourth-order valence-electron chi connectivity index (χ4n) is 6.31. The molecule has 0 radical (unpaired) electrons. The molecule has 0 fully saturated rings. The van der Waals surface area contributed by atoms with Crippen LogP contribution in [0.15, 0.2) is 152 Å². The van der Waals surface area contributed by atoms with Gasteiger partial charge in [-0.25, -0.2) is 15.0 Å². The van der Waals surface area contributed by atoms with Gasteiger partial charge in [0.15, 0.2) is 17.5 Å². The van der Waals surface area contributed by atoms with Crippen molar-refractivity contribution in [1.82, 2.24) is 15.0 Å². The minimum absolute atomic E-state index is 0.662. The molecular weight excluding hydrogens is 567 g/mol. The molecule has 0 saturated carbocycles. The molecule has 0 bridgehead atoms. The van der Waals surface area contributed by atoms with Gasteiger partial charge in [-0.3, -0.25) is 0 Å². The molecule has 3 nitrogen and oxygen atoms in total. The van der Waals surface area contributed by atoms with Crippen LogP contribution in [0.25, 0.3) is 87.0 Å². The van der Waals surface area contributed by atoms with Crippen LogP contribution in [0.3, 0.4) is 0 Å². The van der Waals surface area contributed by atoms with Crippen LogP contribution in [-0.4, -0.2) is 15.0 Å². The molecule has 7 aromatic carbocycles. The highest BCUT2D eigenvalue weighted by molar-refractivity contribution is 7.26. The van der Waals surface area contributed by atoms with Gasteiger partial charge in [-0.05, 0) is 56.9 Å². The summed E-state index contributed by atoms with van der Waals surface area (Å²) in [6.45, 7) is 0. The second kappa shape index (κ2) is 10.5. The van der Waals surface area contributed by atoms with E-state index in [-0.39, 0.29) is 0 Å². The molecule has 45 heavy (non-hydrogen) atoms. The maximum Gasteiger partial charge on any atom is 0.164 e. The number of thiophene rings is 1. The Bertz CT molecular complexity index is 2460. The van der Waals surface area contributed by atoms with Crippen molar-refractivity contribution in [3.8, 4) is 45.3 Å². The van der Waals surface area contributed by atoms with Crippen molar-refractivity contribution >= 4 is 53.1 Å². The van der Waals surface area contributed by atoms with Gasteiger partial charge in [0.2, 0.25) is 0 Å². The van der Waals surface area contributed by atoms with E-state index in [9.17, 15) is 0 Å². The van der Waals surface area contributed by atoms with Gasteiger partial charge in [-0.1, -0.05) is 127 Å². The van der Waals surface area contributed by atoms with Crippen LogP contribution in [0.2, 0.25) is 0 Å². The highest BCUT2D eigenvalue weighted by Crippen LogP contribution is 2.43. The van der Waals surface area contributed by atoms with Crippen molar-refractivity contribution in [3.05, 3.63) is 152 Å². The predicted octanol–water partition coefficient (Wildman–Crippen LogP) is 11.2. The van der Waals surface area contributed by atoms with Crippen molar-refractivity contribution in [1.29, 1.82) is 0 Å². The molecule has 0 atom stereocenters. The van der Waals surface area contributed by atoms with E-state index in [0.29, 0.717) is 17.5 Å². The van der Waals surface area contributed by atoms with Gasteiger partial charge < -0.3 is 0 Å². The van der Waals surface area contributed by atoms with E-state index in [0.717, 1.165) is 16.7 Å². The molecule has 9 aromatic rings. The molecule has 0 aliphatic heterocycles. The Morgan fingerprint density at radius 2 is 0.911 bits per heavy atom. The van der Waals surface area contributed by atoms with E-state index < -0.39 is 0 Å². The van der Waals surface area contributed by atoms with Gasteiger partial charge in [-0.2, -0.15) is 0 Å². The third kappa shape index (κ3) is 4.46. The molecule has 0 unspecified atom stereocenters. The molecular formula is C41H25N3S. The zero-order valence-corrected chi connectivity index (χ0v) is 25.0. The van der Waals surface area contributed by atoms with Crippen LogP contribution in [0.1, 0.15) is 0 Å². The first-order valence-corrected chi connectivity index (χ1v) is 15.8. The molecule has 0 aliphatic carbocycles. The minimum atomic E-state index is 0.662. The van der Waals surface area contributed by atoms with Crippen LogP contribution in [-0.2, 0) is 0 Å². The molecule has 4 heteroatoms. The number of hydrogen-bond donors (Lipinski definition) is 0. The maximum absolute atomic E-state index is 4.99. The van der Waals surface area contributed by atoms with E-state index in [2.05, 4.69) is 91.0 Å². The normalized spacial score (nSPS) is 11.6. The lowest BCUT2D eigenvalue weighted by Gasteiger charge is -2.10. The van der Waals surface area contributed by atoms with Crippen molar-refractivity contribution in [2.45, 2.75) is 0 Å². The van der Waals surface area contributed by atoms with Crippen LogP contribution in [0.5, 0.6) is 0 Å². The lowest BCUT2D eigenvalue weighted by Crippen LogP contribution is -2.00. The summed E-state index contributed by atoms with van der Waals surface area (Å²) in [6.07, 6.45) is 0. The molecule has 210 valence electrons. The van der Waals surface area contributed by atoms with E-state index in [1.54, 1.807) is 0 Å². The summed E-state index contributed by atoms with van der Waals surface area (Å²) in [7, 11) is 0. The molecule has 0 aliphatic rings. The topological polar surface area (TPSA) is 38.7 Å². The van der Waals surface area contributed by atoms with Crippen LogP contribution in [0.4, 0.5) is 0 Å². The van der Waals surface area contributed by atoms with Crippen molar-refractivity contribution in [2.75, 3.05) is 0 Å². The average Bonchev–Trinajstić information content (AvgIpc) is 3.49. The maximum atomic E-state index is 4.99. The zero-order chi connectivity index (χ0) is 29.7. The first kappa shape index (κ1) is 25.8. The third-order valence-corrected chi connectivity index (χ3v) is 9.61. The van der Waals surface area contributed by atoms with Crippen LogP contribution in [0, 0.1) is 0 Å². The fraction of sp³-hybridized carbons (Fsp3) is 0. The number of rotatable bonds is 4. The van der Waals surface area contributed by atoms with Crippen LogP contribution >= 0.6 is 11.3 Å². The summed E-state index contributed by atoms with van der Waals surface area (Å²) in [5.41, 5.74) is 5.40. The smallest absolute Gasteiger partial charge is 0.164 e. The highest BCUT2D eigenvalue weighted by Gasteiger charge is 2.15. The van der Waals surface area contributed by atoms with Gasteiger partial charge in [0.1, 0.15) is 0 Å². The van der Waals surface area contributed by atoms with Gasteiger partial charge in [0.25, 0.3) is 0 Å². The molecule has 0 N–H and O–H groups in total. The summed E-state index contributed by atoms with van der Waals surface area (Å²) >= 11 is 1.86. The van der Waals surface area contributed by atoms with Gasteiger partial charge in [0.05, 0.1) is 0 Å². The van der Waals surface area contributed by atoms with E-state index in [1.165, 1.54) is 52.8 Å². The summed E-state index contributed by atoms with van der Waals surface area (Å²) in [4.78, 5) is 14.9. The SMILES string of the molecule is c1ccc(-c2nc(-c3ccccc3)nc(-c3ccc4ccc5cc6sc7cccc(-c8ccccc8)c7c6cc5c4c3)n2)cc1. The van der Waals surface area contributed by atoms with Crippen LogP contribution < -0.4 is 0 Å². The molecule has 0 spiro atoms. The van der Waals surface area contributed by atoms with Gasteiger partial charge in [-0.15, -0.1) is 11.3 Å². The zero-order valence-electron chi connectivity index (χ0n) is 24.2. The Morgan fingerprint density at radius 1 is 0.356 bits per heavy atom. The number of nitrogens with zero attached hydrogens (tertiary/aromatic N) is 3. The molecule has 2 heterocycles. The molecule has 0 saturated heterocycles. The van der Waals surface area contributed by atoms with Crippen molar-refractivity contribution < 1.29 is 0 Å². The quantitative estimate of drug-likeness (QED) is 0.191. The standard InChI is InChI=1S/C41H25N3S/c1-4-11-26(12-5-1)32-17-10-18-36-38(32)35-25-34-30(24-37(35)45-36)21-19-27-20-22-31(23-33(27)34)41-43-39(28-13-6-2-7-14-28)42-40(44-41)29-15-8-3-9-16-29/h1-25H. The summed E-state index contributed by atoms with van der Waals surface area (Å²) in [5.74, 6) is 1.99. The largest absolute Gasteiger partial charge is 0.208 e. The second-order valence-electron chi connectivity index (χ2n) is 11.3. The Balaban J connectivity index is 1.28. The average molecular weight is 592 g/mol. The van der Waals surface area contributed by atoms with E-state index >= 15 is 0 Å². The number of benzene rings is 7. The number of hydrogen-bond acceptors (Lipinski definition) is 4. The lowest BCUT2D eigenvalue weighted by molar-refractivity contribution is 1.07. The third-order valence-electron chi connectivity index (χ3n) is 8.50. The first-order valence-electron chi connectivity index (χ1n) is 15.0. The Labute approximate surface area is 264 Å². The fourth-order valence-corrected chi connectivity index (χ4v) is 7.47. The molecule has 0 amide bonds. The Kier molecular flexibility index (Phi) is 6.00. The minimum Gasteiger partial charge on any atom is -0.208 e. The molecule has 2 aromatic heterocycles. The Hall–Kier alpha value is -5.71. The van der Waals surface area contributed by atoms with Crippen molar-refractivity contribution in [3.63, 3.8) is 0 Å². The summed E-state index contributed by atoms with van der Waals surface area (Å²) in [5, 5.41) is 7.44. The summed E-state index contributed by atoms with van der Waals surface area (Å²) < 4.78 is 2.60. The van der Waals surface area contributed by atoms with Gasteiger partial charge in [0, 0.05) is 36.9 Å². The number of aromatic nitrogens is 3. The predicted molar refractivity (Wildman–Crippen MR) is 189 cm³/mol. The van der Waals surface area contributed by atoms with Gasteiger partial charge >= 0.3 is 0 Å². The Morgan fingerprint density at radius 3 is 1.58 bits per heavy atom. The summed E-state index contributed by atoms with van der Waals surface area (Å²) in [6, 6.07) is 53.3.